The molecule has 6 heterocycles. The summed E-state index contributed by atoms with van der Waals surface area (Å²) in [5.41, 5.74) is 6.23. The lowest BCUT2D eigenvalue weighted by molar-refractivity contribution is -0.144. The number of amides is 4. The standard InChI is InChI=1S/C58H61F2N11O12S2/c1-34-50(84-33-65-34)36-12-10-35(11-13-36)27-63-53(75)45-26-40(72)31-71(45)57(76)51(58(2,3)4)66-49(73)32-82-23-22-81-21-20-80-19-18-61-52(74)41-8-6-7-9-42(41)54-67-68-56(83-54)46-29-62-48-17-14-37(30-70(46)48)38-24-44(55(79-5)64-28-38)69-85(77,78)47-16-15-39(59)25-43(47)60/h6-17,24-25,28-30,33,40,45,51,69,72H,18-23,26-27,31-32H2,1-5H3,(H,61,74)(H,63,75)(H,66,73). The Labute approximate surface area is 491 Å². The molecule has 1 fully saturated rings. The number of hydrogen-bond donors (Lipinski definition) is 5. The predicted octanol–water partition coefficient (Wildman–Crippen LogP) is 6.22. The van der Waals surface area contributed by atoms with Crippen LogP contribution < -0.4 is 25.4 Å². The molecule has 27 heteroatoms. The molecule has 4 amide bonds. The quantitative estimate of drug-likeness (QED) is 0.0397. The number of ether oxygens (including phenoxy) is 4. The van der Waals surface area contributed by atoms with E-state index in [2.05, 4.69) is 45.8 Å². The molecule has 1 saturated heterocycles. The number of rotatable bonds is 25. The van der Waals surface area contributed by atoms with E-state index < -0.39 is 73.8 Å². The number of anilines is 1. The number of carbonyl (C=O) groups excluding carboxylic acids is 4. The van der Waals surface area contributed by atoms with Crippen LogP contribution in [0.15, 0.2) is 118 Å². The normalized spacial score (nSPS) is 14.8. The Hall–Kier alpha value is -8.60. The van der Waals surface area contributed by atoms with Gasteiger partial charge in [0, 0.05) is 55.6 Å². The highest BCUT2D eigenvalue weighted by Crippen LogP contribution is 2.34. The van der Waals surface area contributed by atoms with E-state index in [4.69, 9.17) is 23.4 Å². The van der Waals surface area contributed by atoms with Gasteiger partial charge in [-0.15, -0.1) is 21.5 Å². The number of likely N-dealkylation sites (tertiary alicyclic amines) is 1. The number of nitrogens with zero attached hydrogens (tertiary/aromatic N) is 7. The largest absolute Gasteiger partial charge is 0.480 e. The number of nitrogens with one attached hydrogen (secondary N) is 4. The van der Waals surface area contributed by atoms with Crippen molar-refractivity contribution in [2.75, 3.05) is 64.6 Å². The highest BCUT2D eigenvalue weighted by molar-refractivity contribution is 7.92. The van der Waals surface area contributed by atoms with E-state index in [9.17, 15) is 41.5 Å². The zero-order valence-corrected chi connectivity index (χ0v) is 48.5. The molecule has 3 aromatic carbocycles. The summed E-state index contributed by atoms with van der Waals surface area (Å²) in [5.74, 6) is -4.06. The number of imidazole rings is 1. The Morgan fingerprint density at radius 2 is 1.58 bits per heavy atom. The third kappa shape index (κ3) is 14.8. The third-order valence-corrected chi connectivity index (χ3v) is 16.0. The zero-order valence-electron chi connectivity index (χ0n) is 46.8. The first-order valence-electron chi connectivity index (χ1n) is 26.8. The first kappa shape index (κ1) is 61.0. The molecule has 23 nitrogen and oxygen atoms in total. The van der Waals surface area contributed by atoms with Crippen molar-refractivity contribution in [2.24, 2.45) is 5.41 Å². The molecule has 0 bridgehead atoms. The van der Waals surface area contributed by atoms with Gasteiger partial charge in [0.2, 0.25) is 29.5 Å². The SMILES string of the molecule is COc1ncc(-c2ccc3ncc(-c4nnc(-c5ccccc5C(=O)NCCOCCOCCOCC(=O)NC(C(=O)N5CC(O)CC5C(=O)NCc5ccc(-c6scnc6C)cc5)C(C)(C)C)o4)n3c2)cc1NS(=O)(=O)c1ccc(F)cc1F. The number of thiazole rings is 1. The van der Waals surface area contributed by atoms with E-state index in [1.807, 2.05) is 31.2 Å². The van der Waals surface area contributed by atoms with Gasteiger partial charge >= 0.3 is 0 Å². The number of carbonyl (C=O) groups is 4. The number of sulfonamides is 1. The number of β-amino-alcohol motifs (C(OH)–C–C–N with tert-alkyl or cyclic N) is 1. The number of fused-ring (bicyclic) bond motifs is 1. The molecule has 0 spiro atoms. The van der Waals surface area contributed by atoms with Crippen LogP contribution in [0, 0.1) is 24.0 Å². The first-order valence-corrected chi connectivity index (χ1v) is 29.1. The fraction of sp³-hybridized carbons (Fsp3) is 0.328. The lowest BCUT2D eigenvalue weighted by atomic mass is 9.85. The maximum Gasteiger partial charge on any atom is 0.266 e. The summed E-state index contributed by atoms with van der Waals surface area (Å²) in [7, 11) is -3.25. The minimum Gasteiger partial charge on any atom is -0.480 e. The summed E-state index contributed by atoms with van der Waals surface area (Å²) in [5, 5.41) is 27.6. The van der Waals surface area contributed by atoms with Crippen LogP contribution in [0.4, 0.5) is 14.5 Å². The average Bonchev–Trinajstić information content (AvgIpc) is 2.69. The van der Waals surface area contributed by atoms with Crippen molar-refractivity contribution < 1.29 is 64.8 Å². The molecule has 0 aliphatic carbocycles. The van der Waals surface area contributed by atoms with Crippen molar-refractivity contribution in [3.8, 4) is 50.5 Å². The molecule has 8 aromatic rings. The summed E-state index contributed by atoms with van der Waals surface area (Å²) >= 11 is 1.55. The van der Waals surface area contributed by atoms with Gasteiger partial charge < -0.3 is 49.3 Å². The van der Waals surface area contributed by atoms with E-state index in [0.717, 1.165) is 33.8 Å². The summed E-state index contributed by atoms with van der Waals surface area (Å²) in [4.78, 5) is 68.6. The van der Waals surface area contributed by atoms with Gasteiger partial charge in [0.25, 0.3) is 21.8 Å². The van der Waals surface area contributed by atoms with Crippen molar-refractivity contribution in [1.82, 2.24) is 50.4 Å². The molecule has 3 unspecified atom stereocenters. The van der Waals surface area contributed by atoms with Gasteiger partial charge in [0.05, 0.1) is 79.7 Å². The van der Waals surface area contributed by atoms with Crippen LogP contribution in [0.1, 0.15) is 48.8 Å². The van der Waals surface area contributed by atoms with Crippen molar-refractivity contribution in [3.05, 3.63) is 137 Å². The number of hydrogen-bond acceptors (Lipinski definition) is 18. The Balaban J connectivity index is 0.696. The monoisotopic (exact) mass is 1210 g/mol. The van der Waals surface area contributed by atoms with Crippen LogP contribution in [0.25, 0.3) is 50.3 Å². The number of benzene rings is 3. The molecule has 5 aromatic heterocycles. The van der Waals surface area contributed by atoms with E-state index in [1.165, 1.54) is 30.5 Å². The summed E-state index contributed by atoms with van der Waals surface area (Å²) < 4.78 is 86.5. The van der Waals surface area contributed by atoms with Gasteiger partial charge in [-0.3, -0.25) is 28.3 Å². The minimum atomic E-state index is -4.54. The molecule has 1 aliphatic rings. The molecule has 446 valence electrons. The number of halogens is 2. The Kier molecular flexibility index (Phi) is 19.3. The van der Waals surface area contributed by atoms with Crippen LogP contribution in [0.5, 0.6) is 5.88 Å². The number of methoxy groups -OCH3 is 1. The van der Waals surface area contributed by atoms with Crippen LogP contribution in [0.2, 0.25) is 0 Å². The summed E-state index contributed by atoms with van der Waals surface area (Å²) in [6.45, 7) is 8.08. The number of pyridine rings is 2. The van der Waals surface area contributed by atoms with Crippen molar-refractivity contribution >= 4 is 56.3 Å². The van der Waals surface area contributed by atoms with E-state index in [-0.39, 0.29) is 94.6 Å². The van der Waals surface area contributed by atoms with Crippen molar-refractivity contribution in [2.45, 2.75) is 63.7 Å². The molecule has 3 atom stereocenters. The smallest absolute Gasteiger partial charge is 0.266 e. The Morgan fingerprint density at radius 1 is 0.847 bits per heavy atom. The lowest BCUT2D eigenvalue weighted by Crippen LogP contribution is -2.58. The summed E-state index contributed by atoms with van der Waals surface area (Å²) in [6, 6.07) is 19.5. The second-order valence-electron chi connectivity index (χ2n) is 20.7. The fourth-order valence-electron chi connectivity index (χ4n) is 9.27. The van der Waals surface area contributed by atoms with Crippen molar-refractivity contribution in [1.29, 1.82) is 0 Å². The zero-order chi connectivity index (χ0) is 60.4. The van der Waals surface area contributed by atoms with Gasteiger partial charge in [-0.05, 0) is 65.9 Å². The van der Waals surface area contributed by atoms with Gasteiger partial charge in [-0.2, -0.15) is 0 Å². The van der Waals surface area contributed by atoms with Gasteiger partial charge in [0.15, 0.2) is 0 Å². The second kappa shape index (κ2) is 27.0. The molecular weight excluding hydrogens is 1140 g/mol. The molecule has 5 N–H and O–H groups in total. The number of aliphatic hydroxyl groups excluding tert-OH is 1. The maximum absolute atomic E-state index is 14.5. The Bertz CT molecular complexity index is 3820. The highest BCUT2D eigenvalue weighted by atomic mass is 32.2. The van der Waals surface area contributed by atoms with E-state index >= 15 is 0 Å². The van der Waals surface area contributed by atoms with Crippen molar-refractivity contribution in [3.63, 3.8) is 0 Å². The van der Waals surface area contributed by atoms with Gasteiger partial charge in [-0.25, -0.2) is 32.2 Å². The van der Waals surface area contributed by atoms with Crippen LogP contribution in [-0.4, -0.2) is 150 Å². The van der Waals surface area contributed by atoms with Gasteiger partial charge in [0.1, 0.15) is 52.2 Å². The minimum absolute atomic E-state index is 0.0515. The maximum atomic E-state index is 14.5. The molecule has 0 radical (unpaired) electrons. The van der Waals surface area contributed by atoms with Crippen LogP contribution >= 0.6 is 11.3 Å². The van der Waals surface area contributed by atoms with Crippen LogP contribution in [0.3, 0.4) is 0 Å². The number of aryl methyl sites for hydroxylation is 1. The van der Waals surface area contributed by atoms with Gasteiger partial charge in [-0.1, -0.05) is 57.2 Å². The first-order chi connectivity index (χ1) is 40.8. The lowest BCUT2D eigenvalue weighted by Gasteiger charge is -2.35. The topological polar surface area (TPSA) is 293 Å². The molecule has 85 heavy (non-hydrogen) atoms. The molecule has 9 rings (SSSR count). The molecule has 0 saturated carbocycles. The fourth-order valence-corrected chi connectivity index (χ4v) is 11.2. The van der Waals surface area contributed by atoms with E-state index in [0.29, 0.717) is 34.1 Å². The predicted molar refractivity (Wildman–Crippen MR) is 307 cm³/mol. The van der Waals surface area contributed by atoms with E-state index in [1.54, 1.807) is 84.6 Å². The number of aromatic nitrogens is 6. The molecule has 1 aliphatic heterocycles. The molecular formula is C58H61F2N11O12S2. The third-order valence-electron chi connectivity index (χ3n) is 13.6. The van der Waals surface area contributed by atoms with Crippen LogP contribution in [-0.2, 0) is 45.2 Å². The average molecular weight is 1210 g/mol. The highest BCUT2D eigenvalue weighted by Gasteiger charge is 2.44. The second-order valence-corrected chi connectivity index (χ2v) is 23.2. The Morgan fingerprint density at radius 3 is 2.31 bits per heavy atom. The summed E-state index contributed by atoms with van der Waals surface area (Å²) in [6.07, 6.45) is 3.80. The number of aliphatic hydroxyl groups is 1.